The third-order valence-corrected chi connectivity index (χ3v) is 3.45. The quantitative estimate of drug-likeness (QED) is 0.270. The number of ether oxygens (including phenoxy) is 3. The fraction of sp³-hybridized carbons (Fsp3) is 0.474. The highest BCUT2D eigenvalue weighted by Gasteiger charge is 2.31. The van der Waals surface area contributed by atoms with E-state index in [9.17, 15) is 19.2 Å². The van der Waals surface area contributed by atoms with Crippen LogP contribution in [0, 0.1) is 0 Å². The molecule has 28 heavy (non-hydrogen) atoms. The van der Waals surface area contributed by atoms with Gasteiger partial charge in [-0.15, -0.1) is 0 Å². The Morgan fingerprint density at radius 3 is 2.11 bits per heavy atom. The molecule has 0 fully saturated rings. The Hall–Kier alpha value is -3.10. The molecule has 154 valence electrons. The predicted molar refractivity (Wildman–Crippen MR) is 101 cm³/mol. The highest BCUT2D eigenvalue weighted by molar-refractivity contribution is 6.06. The number of amides is 2. The van der Waals surface area contributed by atoms with Crippen LogP contribution in [0.3, 0.4) is 0 Å². The van der Waals surface area contributed by atoms with Crippen molar-refractivity contribution in [2.24, 2.45) is 0 Å². The molecule has 1 aromatic carbocycles. The van der Waals surface area contributed by atoms with E-state index in [1.807, 2.05) is 6.92 Å². The van der Waals surface area contributed by atoms with Crippen molar-refractivity contribution in [2.45, 2.75) is 39.7 Å². The molecule has 9 nitrogen and oxygen atoms in total. The first-order valence-electron chi connectivity index (χ1n) is 9.11. The van der Waals surface area contributed by atoms with Crippen LogP contribution in [0.25, 0.3) is 0 Å². The summed E-state index contributed by atoms with van der Waals surface area (Å²) in [7, 11) is 0. The smallest absolute Gasteiger partial charge is 0.340 e. The molecule has 9 heteroatoms. The summed E-state index contributed by atoms with van der Waals surface area (Å²) >= 11 is 0. The Labute approximate surface area is 163 Å². The van der Waals surface area contributed by atoms with Crippen molar-refractivity contribution in [1.82, 2.24) is 5.32 Å². The standard InChI is InChI=1S/C19H26N2O7/c1-4-7-12-28-16(22)13-10-8-9-11-14(13)20-19(25)21-15(17(23)26-5-2)18(24)27-6-3/h8-11,15H,4-7,12H2,1-3H3,(H2,20,21,25). The number of benzene rings is 1. The molecule has 2 N–H and O–H groups in total. The number of hydrogen-bond donors (Lipinski definition) is 2. The fourth-order valence-electron chi connectivity index (χ4n) is 2.11. The van der Waals surface area contributed by atoms with E-state index in [4.69, 9.17) is 14.2 Å². The average molecular weight is 394 g/mol. The van der Waals surface area contributed by atoms with E-state index >= 15 is 0 Å². The van der Waals surface area contributed by atoms with Crippen LogP contribution in [0.15, 0.2) is 24.3 Å². The van der Waals surface area contributed by atoms with E-state index in [1.54, 1.807) is 26.0 Å². The van der Waals surface area contributed by atoms with Crippen LogP contribution in [0.5, 0.6) is 0 Å². The van der Waals surface area contributed by atoms with Crippen molar-refractivity contribution >= 4 is 29.6 Å². The second-order valence-electron chi connectivity index (χ2n) is 5.57. The Kier molecular flexibility index (Phi) is 10.1. The zero-order chi connectivity index (χ0) is 20.9. The fourth-order valence-corrected chi connectivity index (χ4v) is 2.11. The lowest BCUT2D eigenvalue weighted by Crippen LogP contribution is -2.49. The molecule has 0 saturated heterocycles. The summed E-state index contributed by atoms with van der Waals surface area (Å²) in [6.07, 6.45) is 1.60. The SMILES string of the molecule is CCCCOC(=O)c1ccccc1NC(=O)NC(C(=O)OCC)C(=O)OCC. The van der Waals surface area contributed by atoms with E-state index < -0.39 is 30.0 Å². The normalized spacial score (nSPS) is 10.1. The number of urea groups is 1. The number of hydrogen-bond acceptors (Lipinski definition) is 7. The molecule has 1 aromatic rings. The largest absolute Gasteiger partial charge is 0.464 e. The van der Waals surface area contributed by atoms with Crippen LogP contribution in [0.2, 0.25) is 0 Å². The van der Waals surface area contributed by atoms with Crippen LogP contribution in [0.1, 0.15) is 44.0 Å². The van der Waals surface area contributed by atoms with Crippen molar-refractivity contribution < 1.29 is 33.4 Å². The van der Waals surface area contributed by atoms with Gasteiger partial charge in [-0.1, -0.05) is 25.5 Å². The van der Waals surface area contributed by atoms with Gasteiger partial charge in [-0.25, -0.2) is 19.2 Å². The van der Waals surface area contributed by atoms with Gasteiger partial charge in [0.05, 0.1) is 31.1 Å². The van der Waals surface area contributed by atoms with Crippen LogP contribution >= 0.6 is 0 Å². The van der Waals surface area contributed by atoms with Gasteiger partial charge in [-0.3, -0.25) is 0 Å². The van der Waals surface area contributed by atoms with Gasteiger partial charge < -0.3 is 24.8 Å². The number of carbonyl (C=O) groups excluding carboxylic acids is 4. The summed E-state index contributed by atoms with van der Waals surface area (Å²) < 4.78 is 14.7. The average Bonchev–Trinajstić information content (AvgIpc) is 2.67. The first-order chi connectivity index (χ1) is 13.4. The molecule has 0 aromatic heterocycles. The monoisotopic (exact) mass is 394 g/mol. The van der Waals surface area contributed by atoms with E-state index in [0.29, 0.717) is 0 Å². The lowest BCUT2D eigenvalue weighted by molar-refractivity contribution is -0.157. The van der Waals surface area contributed by atoms with Gasteiger partial charge in [0.1, 0.15) is 0 Å². The summed E-state index contributed by atoms with van der Waals surface area (Å²) in [6, 6.07) is 3.74. The second kappa shape index (κ2) is 12.3. The van der Waals surface area contributed by atoms with Crippen molar-refractivity contribution in [3.05, 3.63) is 29.8 Å². The minimum absolute atomic E-state index is 0.0322. The summed E-state index contributed by atoms with van der Waals surface area (Å²) in [5.74, 6) is -2.47. The van der Waals surface area contributed by atoms with Crippen LogP contribution in [-0.2, 0) is 23.8 Å². The molecule has 0 unspecified atom stereocenters. The van der Waals surface area contributed by atoms with Crippen molar-refractivity contribution in [1.29, 1.82) is 0 Å². The summed E-state index contributed by atoms with van der Waals surface area (Å²) in [5.41, 5.74) is 0.325. The molecule has 0 aliphatic rings. The molecular weight excluding hydrogens is 368 g/mol. The van der Waals surface area contributed by atoms with E-state index in [-0.39, 0.29) is 31.1 Å². The molecule has 0 atom stereocenters. The van der Waals surface area contributed by atoms with Crippen molar-refractivity contribution in [3.63, 3.8) is 0 Å². The molecule has 0 saturated carbocycles. The molecule has 0 heterocycles. The maximum atomic E-state index is 12.3. The Balaban J connectivity index is 2.86. The van der Waals surface area contributed by atoms with Crippen LogP contribution < -0.4 is 10.6 Å². The minimum atomic E-state index is -1.62. The van der Waals surface area contributed by atoms with Crippen LogP contribution in [0.4, 0.5) is 10.5 Å². The Bertz CT molecular complexity index is 673. The number of nitrogens with one attached hydrogen (secondary N) is 2. The van der Waals surface area contributed by atoms with Gasteiger partial charge in [-0.05, 0) is 32.4 Å². The van der Waals surface area contributed by atoms with E-state index in [2.05, 4.69) is 10.6 Å². The van der Waals surface area contributed by atoms with Gasteiger partial charge in [0, 0.05) is 0 Å². The maximum absolute atomic E-state index is 12.3. The molecule has 1 rings (SSSR count). The van der Waals surface area contributed by atoms with Gasteiger partial charge in [-0.2, -0.15) is 0 Å². The van der Waals surface area contributed by atoms with Gasteiger partial charge in [0.25, 0.3) is 0 Å². The molecule has 0 radical (unpaired) electrons. The summed E-state index contributed by atoms with van der Waals surface area (Å²) in [6.45, 7) is 5.44. The predicted octanol–water partition coefficient (Wildman–Crippen LogP) is 2.26. The first kappa shape index (κ1) is 22.9. The minimum Gasteiger partial charge on any atom is -0.464 e. The number of carbonyl (C=O) groups is 4. The third kappa shape index (κ3) is 7.26. The van der Waals surface area contributed by atoms with Crippen molar-refractivity contribution in [3.8, 4) is 0 Å². The molecule has 0 bridgehead atoms. The number of rotatable bonds is 10. The van der Waals surface area contributed by atoms with Gasteiger partial charge in [0.15, 0.2) is 0 Å². The first-order valence-corrected chi connectivity index (χ1v) is 9.11. The van der Waals surface area contributed by atoms with Crippen LogP contribution in [-0.4, -0.2) is 49.8 Å². The second-order valence-corrected chi connectivity index (χ2v) is 5.57. The third-order valence-electron chi connectivity index (χ3n) is 3.45. The lowest BCUT2D eigenvalue weighted by Gasteiger charge is -2.17. The number of para-hydroxylation sites is 1. The topological polar surface area (TPSA) is 120 Å². The molecule has 2 amide bonds. The Morgan fingerprint density at radius 1 is 0.929 bits per heavy atom. The number of esters is 3. The van der Waals surface area contributed by atoms with E-state index in [0.717, 1.165) is 12.8 Å². The lowest BCUT2D eigenvalue weighted by atomic mass is 10.2. The zero-order valence-corrected chi connectivity index (χ0v) is 16.3. The number of anilines is 1. The Morgan fingerprint density at radius 2 is 1.54 bits per heavy atom. The number of unbranched alkanes of at least 4 members (excludes halogenated alkanes) is 1. The van der Waals surface area contributed by atoms with E-state index in [1.165, 1.54) is 12.1 Å². The van der Waals surface area contributed by atoms with Gasteiger partial charge >= 0.3 is 23.9 Å². The molecule has 0 spiro atoms. The maximum Gasteiger partial charge on any atom is 0.340 e. The van der Waals surface area contributed by atoms with Gasteiger partial charge in [0.2, 0.25) is 6.04 Å². The highest BCUT2D eigenvalue weighted by atomic mass is 16.6. The zero-order valence-electron chi connectivity index (χ0n) is 16.3. The summed E-state index contributed by atoms with van der Waals surface area (Å²) in [5, 5.41) is 4.64. The molecular formula is C19H26N2O7. The molecule has 0 aliphatic carbocycles. The summed E-state index contributed by atoms with van der Waals surface area (Å²) in [4.78, 5) is 48.3. The van der Waals surface area contributed by atoms with Crippen molar-refractivity contribution in [2.75, 3.05) is 25.1 Å². The highest BCUT2D eigenvalue weighted by Crippen LogP contribution is 2.16. The molecule has 0 aliphatic heterocycles.